The molecule has 1 aromatic carbocycles. The third-order valence-electron chi connectivity index (χ3n) is 4.47. The lowest BCUT2D eigenvalue weighted by molar-refractivity contribution is 0.251. The maximum atomic E-state index is 3.74. The highest BCUT2D eigenvalue weighted by Crippen LogP contribution is 2.22. The van der Waals surface area contributed by atoms with Crippen molar-refractivity contribution in [2.75, 3.05) is 32.1 Å². The molecule has 2 saturated heterocycles. The van der Waals surface area contributed by atoms with Crippen LogP contribution in [0.4, 0.5) is 5.69 Å². The molecule has 2 heterocycles. The Morgan fingerprint density at radius 2 is 1.84 bits per heavy atom. The summed E-state index contributed by atoms with van der Waals surface area (Å²) in [4.78, 5) is 4.76. The molecule has 3 heteroatoms. The number of anilines is 1. The van der Waals surface area contributed by atoms with Crippen LogP contribution in [0.2, 0.25) is 0 Å². The molecule has 0 aromatic heterocycles. The van der Waals surface area contributed by atoms with Crippen molar-refractivity contribution in [3.8, 4) is 0 Å². The van der Waals surface area contributed by atoms with Crippen LogP contribution in [0.5, 0.6) is 0 Å². The third kappa shape index (κ3) is 3.10. The summed E-state index contributed by atoms with van der Waals surface area (Å²) in [6, 6.07) is 10.5. The van der Waals surface area contributed by atoms with E-state index < -0.39 is 0 Å². The monoisotopic (exact) mass is 259 g/mol. The number of likely N-dealkylation sites (tertiary alicyclic amines) is 1. The van der Waals surface area contributed by atoms with Gasteiger partial charge in [0.2, 0.25) is 0 Å². The first-order valence-electron chi connectivity index (χ1n) is 7.45. The van der Waals surface area contributed by atoms with Crippen molar-refractivity contribution in [3.05, 3.63) is 29.8 Å². The van der Waals surface area contributed by atoms with Gasteiger partial charge in [-0.3, -0.25) is 4.90 Å². The average Bonchev–Trinajstić information content (AvgIpc) is 2.73. The molecular weight excluding hydrogens is 234 g/mol. The lowest BCUT2D eigenvalue weighted by Gasteiger charge is -2.24. The first-order chi connectivity index (χ1) is 9.20. The molecule has 0 saturated carbocycles. The maximum absolute atomic E-state index is 3.74. The summed E-state index contributed by atoms with van der Waals surface area (Å²) in [7, 11) is 4.18. The predicted molar refractivity (Wildman–Crippen MR) is 80.6 cm³/mol. The van der Waals surface area contributed by atoms with Gasteiger partial charge in [-0.25, -0.2) is 0 Å². The van der Waals surface area contributed by atoms with Crippen LogP contribution in [-0.2, 0) is 6.54 Å². The minimum absolute atomic E-state index is 0.730. The Morgan fingerprint density at radius 1 is 1.11 bits per heavy atom. The third-order valence-corrected chi connectivity index (χ3v) is 4.47. The van der Waals surface area contributed by atoms with Gasteiger partial charge in [0.05, 0.1) is 0 Å². The Balaban J connectivity index is 1.61. The molecule has 2 atom stereocenters. The van der Waals surface area contributed by atoms with Gasteiger partial charge in [0.15, 0.2) is 0 Å². The zero-order valence-corrected chi connectivity index (χ0v) is 12.1. The van der Waals surface area contributed by atoms with E-state index in [1.807, 2.05) is 0 Å². The number of rotatable bonds is 3. The topological polar surface area (TPSA) is 18.5 Å². The Kier molecular flexibility index (Phi) is 3.76. The molecule has 1 aromatic rings. The highest BCUT2D eigenvalue weighted by atomic mass is 15.2. The van der Waals surface area contributed by atoms with Crippen molar-refractivity contribution in [1.29, 1.82) is 0 Å². The van der Waals surface area contributed by atoms with Crippen molar-refractivity contribution in [2.45, 2.75) is 37.9 Å². The number of benzene rings is 1. The first-order valence-corrected chi connectivity index (χ1v) is 7.45. The van der Waals surface area contributed by atoms with Crippen LogP contribution in [0.3, 0.4) is 0 Å². The van der Waals surface area contributed by atoms with Gasteiger partial charge in [-0.15, -0.1) is 0 Å². The molecular formula is C16H25N3. The molecule has 0 spiro atoms. The van der Waals surface area contributed by atoms with E-state index in [0.717, 1.165) is 18.6 Å². The fraction of sp³-hybridized carbons (Fsp3) is 0.625. The normalized spacial score (nSPS) is 27.3. The van der Waals surface area contributed by atoms with E-state index in [4.69, 9.17) is 0 Å². The van der Waals surface area contributed by atoms with E-state index in [-0.39, 0.29) is 0 Å². The van der Waals surface area contributed by atoms with Crippen LogP contribution < -0.4 is 10.2 Å². The fourth-order valence-corrected chi connectivity index (χ4v) is 3.32. The molecule has 0 radical (unpaired) electrons. The largest absolute Gasteiger partial charge is 0.378 e. The van der Waals surface area contributed by atoms with E-state index in [1.165, 1.54) is 43.6 Å². The lowest BCUT2D eigenvalue weighted by atomic mass is 10.1. The first kappa shape index (κ1) is 12.9. The number of hydrogen-bond acceptors (Lipinski definition) is 3. The number of hydrogen-bond donors (Lipinski definition) is 1. The van der Waals surface area contributed by atoms with Crippen LogP contribution in [0.1, 0.15) is 24.8 Å². The summed E-state index contributed by atoms with van der Waals surface area (Å²) in [5.41, 5.74) is 2.71. The van der Waals surface area contributed by atoms with Crippen LogP contribution >= 0.6 is 0 Å². The van der Waals surface area contributed by atoms with E-state index in [2.05, 4.69) is 53.5 Å². The molecule has 2 aliphatic heterocycles. The standard InChI is InChI=1S/C16H25N3/c1-18(2)16-7-3-13(4-8-16)11-19-10-9-14-5-6-15(12-19)17-14/h3-4,7-8,14-15,17H,5-6,9-12H2,1-2H3. The molecule has 19 heavy (non-hydrogen) atoms. The van der Waals surface area contributed by atoms with Crippen LogP contribution in [0.25, 0.3) is 0 Å². The second kappa shape index (κ2) is 5.51. The van der Waals surface area contributed by atoms with E-state index in [0.29, 0.717) is 0 Å². The highest BCUT2D eigenvalue weighted by molar-refractivity contribution is 5.45. The predicted octanol–water partition coefficient (Wildman–Crippen LogP) is 2.08. The Hall–Kier alpha value is -1.06. The van der Waals surface area contributed by atoms with Gasteiger partial charge in [0.1, 0.15) is 0 Å². The summed E-state index contributed by atoms with van der Waals surface area (Å²) in [6.07, 6.45) is 4.06. The van der Waals surface area contributed by atoms with Crippen molar-refractivity contribution in [1.82, 2.24) is 10.2 Å². The molecule has 3 rings (SSSR count). The van der Waals surface area contributed by atoms with Crippen LogP contribution in [0, 0.1) is 0 Å². The summed E-state index contributed by atoms with van der Waals surface area (Å²) >= 11 is 0. The van der Waals surface area contributed by atoms with Gasteiger partial charge in [-0.2, -0.15) is 0 Å². The lowest BCUT2D eigenvalue weighted by Crippen LogP contribution is -2.34. The van der Waals surface area contributed by atoms with Crippen LogP contribution in [0.15, 0.2) is 24.3 Å². The smallest absolute Gasteiger partial charge is 0.0361 e. The van der Waals surface area contributed by atoms with Gasteiger partial charge in [0.25, 0.3) is 0 Å². The SMILES string of the molecule is CN(C)c1ccc(CN2CCC3CCC(C2)N3)cc1. The fourth-order valence-electron chi connectivity index (χ4n) is 3.32. The van der Waals surface area contributed by atoms with Crippen molar-refractivity contribution in [2.24, 2.45) is 0 Å². The molecule has 0 aliphatic carbocycles. The Bertz CT molecular complexity index is 413. The average molecular weight is 259 g/mol. The summed E-state index contributed by atoms with van der Waals surface area (Å²) in [6.45, 7) is 3.55. The molecule has 2 unspecified atom stereocenters. The van der Waals surface area contributed by atoms with Crippen molar-refractivity contribution < 1.29 is 0 Å². The number of nitrogens with zero attached hydrogens (tertiary/aromatic N) is 2. The number of nitrogens with one attached hydrogen (secondary N) is 1. The summed E-state index contributed by atoms with van der Waals surface area (Å²) < 4.78 is 0. The minimum Gasteiger partial charge on any atom is -0.378 e. The second-order valence-corrected chi connectivity index (χ2v) is 6.22. The summed E-state index contributed by atoms with van der Waals surface area (Å²) in [5.74, 6) is 0. The maximum Gasteiger partial charge on any atom is 0.0361 e. The molecule has 2 fully saturated rings. The van der Waals surface area contributed by atoms with E-state index >= 15 is 0 Å². The molecule has 104 valence electrons. The van der Waals surface area contributed by atoms with Crippen molar-refractivity contribution >= 4 is 5.69 Å². The second-order valence-electron chi connectivity index (χ2n) is 6.22. The van der Waals surface area contributed by atoms with E-state index in [1.54, 1.807) is 0 Å². The molecule has 3 nitrogen and oxygen atoms in total. The molecule has 0 amide bonds. The summed E-state index contributed by atoms with van der Waals surface area (Å²) in [5, 5.41) is 3.74. The van der Waals surface area contributed by atoms with Crippen molar-refractivity contribution in [3.63, 3.8) is 0 Å². The highest BCUT2D eigenvalue weighted by Gasteiger charge is 2.28. The quantitative estimate of drug-likeness (QED) is 0.896. The molecule has 2 aliphatic rings. The van der Waals surface area contributed by atoms with Crippen LogP contribution in [-0.4, -0.2) is 44.2 Å². The number of fused-ring (bicyclic) bond motifs is 2. The molecule has 1 N–H and O–H groups in total. The Morgan fingerprint density at radius 3 is 2.58 bits per heavy atom. The minimum atomic E-state index is 0.730. The van der Waals surface area contributed by atoms with Gasteiger partial charge in [0, 0.05) is 51.5 Å². The zero-order chi connectivity index (χ0) is 13.2. The van der Waals surface area contributed by atoms with E-state index in [9.17, 15) is 0 Å². The zero-order valence-electron chi connectivity index (χ0n) is 12.1. The Labute approximate surface area is 116 Å². The van der Waals surface area contributed by atoms with Gasteiger partial charge < -0.3 is 10.2 Å². The molecule has 2 bridgehead atoms. The van der Waals surface area contributed by atoms with Gasteiger partial charge >= 0.3 is 0 Å². The van der Waals surface area contributed by atoms with Gasteiger partial charge in [-0.05, 0) is 37.0 Å². The van der Waals surface area contributed by atoms with Gasteiger partial charge in [-0.1, -0.05) is 12.1 Å².